The van der Waals surface area contributed by atoms with Crippen LogP contribution in [-0.4, -0.2) is 11.7 Å². The SMILES string of the molecule is NC(=O)CSS. The number of hydrogen-bond acceptors (Lipinski definition) is 3. The Bertz CT molecular complexity index is 55.5. The number of hydrogen-bond donors (Lipinski definition) is 2. The quantitative estimate of drug-likeness (QED) is 0.402. The lowest BCUT2D eigenvalue weighted by Crippen LogP contribution is -2.11. The average molecular weight is 123 g/mol. The van der Waals surface area contributed by atoms with Crippen LogP contribution in [0.5, 0.6) is 0 Å². The third-order valence-electron chi connectivity index (χ3n) is 0.207. The van der Waals surface area contributed by atoms with Gasteiger partial charge in [-0.05, 0) is 0 Å². The number of primary amides is 1. The summed E-state index contributed by atoms with van der Waals surface area (Å²) in [6, 6.07) is 0. The van der Waals surface area contributed by atoms with E-state index in [-0.39, 0.29) is 5.91 Å². The summed E-state index contributed by atoms with van der Waals surface area (Å²) in [7, 11) is 1.13. The molecular weight excluding hydrogens is 118 g/mol. The number of amides is 1. The van der Waals surface area contributed by atoms with Gasteiger partial charge < -0.3 is 5.73 Å². The third kappa shape index (κ3) is 4.17. The summed E-state index contributed by atoms with van der Waals surface area (Å²) >= 11 is 3.68. The fourth-order valence-corrected chi connectivity index (χ4v) is 0.573. The van der Waals surface area contributed by atoms with E-state index in [2.05, 4.69) is 11.7 Å². The van der Waals surface area contributed by atoms with E-state index in [9.17, 15) is 4.79 Å². The Hall–Kier alpha value is 0.170. The second-order valence-corrected chi connectivity index (χ2v) is 2.06. The molecule has 0 rings (SSSR count). The van der Waals surface area contributed by atoms with Gasteiger partial charge in [-0.2, -0.15) is 0 Å². The summed E-state index contributed by atoms with van der Waals surface area (Å²) in [6.45, 7) is 0. The Morgan fingerprint density at radius 2 is 2.50 bits per heavy atom. The Labute approximate surface area is 45.3 Å². The standard InChI is InChI=1S/C2H5NOS2/c3-2(4)1-6-5/h5H,1H2,(H2,3,4). The van der Waals surface area contributed by atoms with Crippen LogP contribution in [0.25, 0.3) is 0 Å². The molecule has 0 radical (unpaired) electrons. The van der Waals surface area contributed by atoms with Crippen molar-refractivity contribution < 1.29 is 4.79 Å². The monoisotopic (exact) mass is 123 g/mol. The minimum absolute atomic E-state index is 0.295. The molecular formula is C2H5NOS2. The summed E-state index contributed by atoms with van der Waals surface area (Å²) in [5.41, 5.74) is 4.69. The first-order valence-corrected chi connectivity index (χ1v) is 3.36. The zero-order valence-electron chi connectivity index (χ0n) is 3.05. The van der Waals surface area contributed by atoms with Gasteiger partial charge in [-0.3, -0.25) is 4.79 Å². The lowest BCUT2D eigenvalue weighted by molar-refractivity contribution is -0.115. The zero-order chi connectivity index (χ0) is 4.99. The Kier molecular flexibility index (Phi) is 3.46. The molecule has 0 aromatic rings. The minimum atomic E-state index is -0.324. The van der Waals surface area contributed by atoms with Gasteiger partial charge in [0.05, 0.1) is 5.75 Å². The Morgan fingerprint density at radius 1 is 2.00 bits per heavy atom. The minimum Gasteiger partial charge on any atom is -0.369 e. The number of carbonyl (C=O) groups is 1. The van der Waals surface area contributed by atoms with E-state index in [0.717, 1.165) is 10.8 Å². The van der Waals surface area contributed by atoms with Gasteiger partial charge in [0.1, 0.15) is 0 Å². The van der Waals surface area contributed by atoms with E-state index in [1.807, 2.05) is 0 Å². The molecule has 0 spiro atoms. The molecule has 0 aliphatic rings. The summed E-state index contributed by atoms with van der Waals surface area (Å²) in [5, 5.41) is 0. The Balaban J connectivity index is 2.83. The van der Waals surface area contributed by atoms with Crippen LogP contribution in [0.1, 0.15) is 0 Å². The van der Waals surface area contributed by atoms with Crippen LogP contribution in [0.3, 0.4) is 0 Å². The van der Waals surface area contributed by atoms with Gasteiger partial charge in [-0.1, -0.05) is 10.8 Å². The maximum absolute atomic E-state index is 9.75. The average Bonchev–Trinajstić information content (AvgIpc) is 1.35. The van der Waals surface area contributed by atoms with E-state index in [1.54, 1.807) is 0 Å². The fourth-order valence-electron chi connectivity index (χ4n) is 0.0636. The van der Waals surface area contributed by atoms with Crippen LogP contribution < -0.4 is 5.73 Å². The smallest absolute Gasteiger partial charge is 0.228 e. The maximum atomic E-state index is 9.75. The molecule has 0 bridgehead atoms. The highest BCUT2D eigenvalue weighted by Gasteiger charge is 1.85. The number of nitrogens with two attached hydrogens (primary N) is 1. The molecule has 2 N–H and O–H groups in total. The van der Waals surface area contributed by atoms with Crippen molar-refractivity contribution in [3.63, 3.8) is 0 Å². The molecule has 6 heavy (non-hydrogen) atoms. The highest BCUT2D eigenvalue weighted by atomic mass is 33.1. The van der Waals surface area contributed by atoms with Crippen LogP contribution in [0, 0.1) is 0 Å². The molecule has 0 atom stereocenters. The molecule has 0 unspecified atom stereocenters. The van der Waals surface area contributed by atoms with Crippen LogP contribution >= 0.6 is 22.5 Å². The van der Waals surface area contributed by atoms with Gasteiger partial charge >= 0.3 is 0 Å². The third-order valence-corrected chi connectivity index (χ3v) is 1.01. The van der Waals surface area contributed by atoms with Gasteiger partial charge in [0.2, 0.25) is 5.91 Å². The zero-order valence-corrected chi connectivity index (χ0v) is 4.76. The van der Waals surface area contributed by atoms with Gasteiger partial charge in [0, 0.05) is 0 Å². The van der Waals surface area contributed by atoms with Crippen molar-refractivity contribution >= 4 is 28.4 Å². The van der Waals surface area contributed by atoms with Gasteiger partial charge in [0.15, 0.2) is 0 Å². The molecule has 0 aliphatic heterocycles. The highest BCUT2D eigenvalue weighted by Crippen LogP contribution is 2.00. The van der Waals surface area contributed by atoms with E-state index < -0.39 is 0 Å². The predicted molar refractivity (Wildman–Crippen MR) is 30.6 cm³/mol. The van der Waals surface area contributed by atoms with Crippen LogP contribution in [0.2, 0.25) is 0 Å². The second-order valence-electron chi connectivity index (χ2n) is 0.740. The highest BCUT2D eigenvalue weighted by molar-refractivity contribution is 8.68. The van der Waals surface area contributed by atoms with Crippen molar-refractivity contribution in [1.82, 2.24) is 0 Å². The molecule has 0 heterocycles. The Morgan fingerprint density at radius 3 is 2.50 bits per heavy atom. The molecule has 4 heteroatoms. The summed E-state index contributed by atoms with van der Waals surface area (Å²) < 4.78 is 0. The first-order chi connectivity index (χ1) is 2.77. The molecule has 0 saturated heterocycles. The van der Waals surface area contributed by atoms with E-state index >= 15 is 0 Å². The molecule has 2 nitrogen and oxygen atoms in total. The van der Waals surface area contributed by atoms with Crippen LogP contribution in [0.4, 0.5) is 0 Å². The molecule has 0 aromatic heterocycles. The predicted octanol–water partition coefficient (Wildman–Crippen LogP) is 0.0497. The molecule has 0 aromatic carbocycles. The lowest BCUT2D eigenvalue weighted by atomic mass is 10.8. The normalized spacial score (nSPS) is 8.17. The molecule has 0 aliphatic carbocycles. The fraction of sp³-hybridized carbons (Fsp3) is 0.500. The van der Waals surface area contributed by atoms with Crippen molar-refractivity contribution in [2.24, 2.45) is 5.73 Å². The van der Waals surface area contributed by atoms with Crippen molar-refractivity contribution in [2.45, 2.75) is 0 Å². The summed E-state index contributed by atoms with van der Waals surface area (Å²) in [4.78, 5) is 9.75. The molecule has 0 saturated carbocycles. The van der Waals surface area contributed by atoms with Crippen molar-refractivity contribution in [3.05, 3.63) is 0 Å². The van der Waals surface area contributed by atoms with Crippen LogP contribution in [-0.2, 0) is 4.79 Å². The molecule has 0 fully saturated rings. The number of carbonyl (C=O) groups excluding carboxylic acids is 1. The largest absolute Gasteiger partial charge is 0.369 e. The van der Waals surface area contributed by atoms with Crippen molar-refractivity contribution in [2.75, 3.05) is 5.75 Å². The molecule has 36 valence electrons. The summed E-state index contributed by atoms with van der Waals surface area (Å²) in [5.74, 6) is -0.0293. The van der Waals surface area contributed by atoms with Gasteiger partial charge in [-0.15, -0.1) is 11.7 Å². The van der Waals surface area contributed by atoms with Crippen molar-refractivity contribution in [1.29, 1.82) is 0 Å². The molecule has 1 amide bonds. The van der Waals surface area contributed by atoms with Gasteiger partial charge in [-0.25, -0.2) is 0 Å². The van der Waals surface area contributed by atoms with E-state index in [1.165, 1.54) is 0 Å². The summed E-state index contributed by atoms with van der Waals surface area (Å²) in [6.07, 6.45) is 0. The van der Waals surface area contributed by atoms with Crippen molar-refractivity contribution in [3.8, 4) is 0 Å². The number of thiol groups is 1. The topological polar surface area (TPSA) is 43.1 Å². The van der Waals surface area contributed by atoms with E-state index in [0.29, 0.717) is 5.75 Å². The van der Waals surface area contributed by atoms with Crippen LogP contribution in [0.15, 0.2) is 0 Å². The first kappa shape index (κ1) is 6.17. The van der Waals surface area contributed by atoms with Gasteiger partial charge in [0.25, 0.3) is 0 Å². The lowest BCUT2D eigenvalue weighted by Gasteiger charge is -1.80. The second kappa shape index (κ2) is 3.36. The first-order valence-electron chi connectivity index (χ1n) is 1.32. The maximum Gasteiger partial charge on any atom is 0.228 e. The van der Waals surface area contributed by atoms with E-state index in [4.69, 9.17) is 5.73 Å². The number of rotatable bonds is 2.